The predicted molar refractivity (Wildman–Crippen MR) is 238 cm³/mol. The van der Waals surface area contributed by atoms with E-state index in [-0.39, 0.29) is 80.8 Å². The van der Waals surface area contributed by atoms with Gasteiger partial charge in [-0.15, -0.1) is 0 Å². The van der Waals surface area contributed by atoms with Crippen molar-refractivity contribution in [1.29, 1.82) is 0 Å². The molecular formula is C45H63N9O9. The second kappa shape index (κ2) is 25.3. The highest BCUT2D eigenvalue weighted by molar-refractivity contribution is 5.96. The Morgan fingerprint density at radius 3 is 1.41 bits per heavy atom. The van der Waals surface area contributed by atoms with E-state index in [9.17, 15) is 44.1 Å². The highest BCUT2D eigenvalue weighted by Crippen LogP contribution is 2.15. The first-order valence-corrected chi connectivity index (χ1v) is 21.0. The third kappa shape index (κ3) is 18.4. The quantitative estimate of drug-likeness (QED) is 0.0324. The Morgan fingerprint density at radius 2 is 0.937 bits per heavy atom. The Labute approximate surface area is 367 Å². The molecule has 0 aliphatic heterocycles. The molecule has 342 valence electrons. The lowest BCUT2D eigenvalue weighted by atomic mass is 9.98. The maximum atomic E-state index is 14.3. The first-order chi connectivity index (χ1) is 29.8. The minimum absolute atomic E-state index is 0.0238. The number of aliphatic imine (C=N–C) groups is 1. The Balaban J connectivity index is 1.89. The fraction of sp³-hybridized carbons (Fsp3) is 0.444. The molecule has 0 aliphatic rings. The standard InChI is InChI=1S/C45H63N9O9/c1-26(2)21-35(51-39(57)33(46)23-28-9-6-5-7-10-28)41(59)52-36(22-27(3)4)42(60)53-37(24-29-12-16-31(55)17-13-29)43(61)50-34(11-8-20-49-45(47)48)40(58)54-38(44(62)63)25-30-14-18-32(56)19-15-30/h5-7,9-10,12-19,26-27,33-38,55-56H,8,11,20-25,46H2,1-4H3,(H,50,61)(H,51,57)(H,52,59)(H,53,60)(H,54,58)(H,62,63)(H4,47,48,49)/t33-,34-,35-,36-,37-,38-/m0/s1. The first-order valence-electron chi connectivity index (χ1n) is 21.0. The van der Waals surface area contributed by atoms with Crippen molar-refractivity contribution in [3.05, 3.63) is 95.6 Å². The SMILES string of the molecule is CC(C)C[C@H](NC(=O)[C@H](CC(C)C)NC(=O)[C@@H](N)Cc1ccccc1)C(=O)N[C@@H](Cc1ccc(O)cc1)C(=O)N[C@@H](CCCN=C(N)N)C(=O)N[C@@H](Cc1ccc(O)cc1)C(=O)O. The van der Waals surface area contributed by atoms with Crippen LogP contribution >= 0.6 is 0 Å². The summed E-state index contributed by atoms with van der Waals surface area (Å²) >= 11 is 0. The van der Waals surface area contributed by atoms with E-state index in [2.05, 4.69) is 31.6 Å². The number of carbonyl (C=O) groups is 6. The number of nitrogens with two attached hydrogens (primary N) is 3. The minimum Gasteiger partial charge on any atom is -0.508 e. The summed E-state index contributed by atoms with van der Waals surface area (Å²) in [6, 6.07) is 13.6. The van der Waals surface area contributed by atoms with Gasteiger partial charge >= 0.3 is 5.97 Å². The largest absolute Gasteiger partial charge is 0.508 e. The van der Waals surface area contributed by atoms with E-state index in [1.54, 1.807) is 12.1 Å². The highest BCUT2D eigenvalue weighted by atomic mass is 16.4. The van der Waals surface area contributed by atoms with Crippen molar-refractivity contribution >= 4 is 41.5 Å². The number of carboxylic acids is 1. The zero-order valence-electron chi connectivity index (χ0n) is 36.3. The summed E-state index contributed by atoms with van der Waals surface area (Å²) < 4.78 is 0. The van der Waals surface area contributed by atoms with Gasteiger partial charge in [0.1, 0.15) is 41.7 Å². The molecule has 63 heavy (non-hydrogen) atoms. The number of carboxylic acid groups (broad SMARTS) is 1. The Bertz CT molecular complexity index is 1990. The summed E-state index contributed by atoms with van der Waals surface area (Å²) in [4.78, 5) is 85.6. The van der Waals surface area contributed by atoms with Crippen molar-refractivity contribution in [2.45, 2.75) is 109 Å². The van der Waals surface area contributed by atoms with Crippen LogP contribution in [0.15, 0.2) is 83.9 Å². The number of hydrogen-bond acceptors (Lipinski definition) is 10. The molecule has 0 heterocycles. The van der Waals surface area contributed by atoms with Gasteiger partial charge in [-0.05, 0) is 84.9 Å². The highest BCUT2D eigenvalue weighted by Gasteiger charge is 2.33. The number of benzene rings is 3. The van der Waals surface area contributed by atoms with E-state index in [1.807, 2.05) is 58.0 Å². The van der Waals surface area contributed by atoms with Crippen LogP contribution in [0.25, 0.3) is 0 Å². The lowest BCUT2D eigenvalue weighted by Crippen LogP contribution is -2.60. The fourth-order valence-corrected chi connectivity index (χ4v) is 6.65. The Kier molecular flexibility index (Phi) is 20.3. The molecular weight excluding hydrogens is 811 g/mol. The number of nitrogens with one attached hydrogen (secondary N) is 5. The van der Waals surface area contributed by atoms with Gasteiger partial charge < -0.3 is 59.1 Å². The van der Waals surface area contributed by atoms with Crippen LogP contribution in [0.1, 0.15) is 70.1 Å². The maximum absolute atomic E-state index is 14.3. The van der Waals surface area contributed by atoms with Crippen molar-refractivity contribution in [1.82, 2.24) is 26.6 Å². The van der Waals surface area contributed by atoms with Crippen molar-refractivity contribution in [3.8, 4) is 11.5 Å². The number of nitrogens with zero attached hydrogens (tertiary/aromatic N) is 1. The van der Waals surface area contributed by atoms with Crippen LogP contribution in [0.2, 0.25) is 0 Å². The van der Waals surface area contributed by atoms with E-state index >= 15 is 0 Å². The summed E-state index contributed by atoms with van der Waals surface area (Å²) in [6.07, 6.45) is 0.520. The fourth-order valence-electron chi connectivity index (χ4n) is 6.65. The number of phenols is 2. The van der Waals surface area contributed by atoms with Gasteiger partial charge in [0.05, 0.1) is 6.04 Å². The van der Waals surface area contributed by atoms with Gasteiger partial charge in [0, 0.05) is 19.4 Å². The van der Waals surface area contributed by atoms with Crippen LogP contribution in [0.3, 0.4) is 0 Å². The van der Waals surface area contributed by atoms with E-state index in [4.69, 9.17) is 17.2 Å². The van der Waals surface area contributed by atoms with Gasteiger partial charge in [0.15, 0.2) is 5.96 Å². The zero-order valence-corrected chi connectivity index (χ0v) is 36.3. The molecule has 0 radical (unpaired) electrons. The molecule has 18 nitrogen and oxygen atoms in total. The van der Waals surface area contributed by atoms with Crippen molar-refractivity contribution in [2.24, 2.45) is 34.0 Å². The summed E-state index contributed by atoms with van der Waals surface area (Å²) in [5, 5.41) is 43.0. The number of aromatic hydroxyl groups is 2. The molecule has 0 fully saturated rings. The summed E-state index contributed by atoms with van der Waals surface area (Å²) in [5.41, 5.74) is 19.1. The van der Waals surface area contributed by atoms with Crippen molar-refractivity contribution in [3.63, 3.8) is 0 Å². The lowest BCUT2D eigenvalue weighted by Gasteiger charge is -2.28. The average Bonchev–Trinajstić information content (AvgIpc) is 3.22. The second-order valence-corrected chi connectivity index (χ2v) is 16.4. The van der Waals surface area contributed by atoms with Gasteiger partial charge in [-0.3, -0.25) is 29.0 Å². The molecule has 0 aliphatic carbocycles. The van der Waals surface area contributed by atoms with Crippen LogP contribution < -0.4 is 43.8 Å². The normalized spacial score (nSPS) is 14.0. The number of amides is 5. The molecule has 3 aromatic carbocycles. The van der Waals surface area contributed by atoms with Crippen LogP contribution in [0.4, 0.5) is 0 Å². The molecule has 0 saturated carbocycles. The molecule has 3 rings (SSSR count). The molecule has 0 spiro atoms. The third-order valence-corrected chi connectivity index (χ3v) is 9.89. The van der Waals surface area contributed by atoms with Gasteiger partial charge in [-0.1, -0.05) is 82.3 Å². The number of guanidine groups is 1. The molecule has 0 unspecified atom stereocenters. The smallest absolute Gasteiger partial charge is 0.326 e. The van der Waals surface area contributed by atoms with Gasteiger partial charge in [0.25, 0.3) is 0 Å². The van der Waals surface area contributed by atoms with Crippen LogP contribution in [-0.2, 0) is 48.0 Å². The minimum atomic E-state index is -1.42. The van der Waals surface area contributed by atoms with Crippen LogP contribution in [0.5, 0.6) is 11.5 Å². The van der Waals surface area contributed by atoms with Crippen molar-refractivity contribution < 1.29 is 44.1 Å². The average molecular weight is 874 g/mol. The second-order valence-electron chi connectivity index (χ2n) is 16.4. The number of aliphatic carboxylic acids is 1. The molecule has 6 atom stereocenters. The van der Waals surface area contributed by atoms with E-state index in [1.165, 1.54) is 36.4 Å². The van der Waals surface area contributed by atoms with Crippen LogP contribution in [-0.4, -0.2) is 99.6 Å². The Morgan fingerprint density at radius 1 is 0.540 bits per heavy atom. The van der Waals surface area contributed by atoms with Crippen LogP contribution in [0, 0.1) is 11.8 Å². The number of phenolic OH excluding ortho intramolecular Hbond substituents is 2. The van der Waals surface area contributed by atoms with E-state index < -0.39 is 71.8 Å². The molecule has 0 aromatic heterocycles. The zero-order chi connectivity index (χ0) is 46.6. The molecule has 0 saturated heterocycles. The topological polar surface area (TPSA) is 314 Å². The molecule has 0 bridgehead atoms. The van der Waals surface area contributed by atoms with Gasteiger partial charge in [-0.25, -0.2) is 4.79 Å². The van der Waals surface area contributed by atoms with Gasteiger partial charge in [-0.2, -0.15) is 0 Å². The third-order valence-electron chi connectivity index (χ3n) is 9.89. The van der Waals surface area contributed by atoms with E-state index in [0.717, 1.165) is 5.56 Å². The summed E-state index contributed by atoms with van der Waals surface area (Å²) in [6.45, 7) is 7.54. The first kappa shape index (κ1) is 50.7. The summed E-state index contributed by atoms with van der Waals surface area (Å²) in [5.74, 6) is -5.28. The van der Waals surface area contributed by atoms with Crippen molar-refractivity contribution in [2.75, 3.05) is 6.54 Å². The molecule has 3 aromatic rings. The molecule has 14 N–H and O–H groups in total. The number of carbonyl (C=O) groups excluding carboxylic acids is 5. The monoisotopic (exact) mass is 873 g/mol. The molecule has 18 heteroatoms. The van der Waals surface area contributed by atoms with Gasteiger partial charge in [0.2, 0.25) is 29.5 Å². The lowest BCUT2D eigenvalue weighted by molar-refractivity contribution is -0.142. The van der Waals surface area contributed by atoms with E-state index in [0.29, 0.717) is 11.1 Å². The summed E-state index contributed by atoms with van der Waals surface area (Å²) in [7, 11) is 0. The maximum Gasteiger partial charge on any atom is 0.326 e. The number of rotatable bonds is 25. The Hall–Kier alpha value is -6.69. The predicted octanol–water partition coefficient (Wildman–Crippen LogP) is 1.11. The number of hydrogen-bond donors (Lipinski definition) is 11. The molecule has 5 amide bonds.